The Morgan fingerprint density at radius 1 is 0.619 bits per heavy atom. The quantitative estimate of drug-likeness (QED) is 0.637. The van der Waals surface area contributed by atoms with Gasteiger partial charge in [0, 0.05) is 0 Å². The van der Waals surface area contributed by atoms with Gasteiger partial charge in [0.1, 0.15) is 0 Å². The molecule has 4 rings (SSSR count). The van der Waals surface area contributed by atoms with Crippen molar-refractivity contribution in [2.75, 3.05) is 0 Å². The zero-order valence-corrected chi connectivity index (χ0v) is 14.6. The molecule has 0 N–H and O–H groups in total. The Labute approximate surface area is 138 Å². The number of hydrogen-bond acceptors (Lipinski definition) is 0. The second kappa shape index (κ2) is 5.89. The van der Waals surface area contributed by atoms with Crippen molar-refractivity contribution < 1.29 is 23.2 Å². The molecule has 0 radical (unpaired) electrons. The van der Waals surface area contributed by atoms with Gasteiger partial charge in [-0.3, -0.25) is 0 Å². The molecule has 102 valence electrons. The van der Waals surface area contributed by atoms with Crippen LogP contribution in [0.15, 0.2) is 89.6 Å². The maximum absolute atomic E-state index is 2.40. The third kappa shape index (κ3) is 2.64. The summed E-state index contributed by atoms with van der Waals surface area (Å²) in [5, 5.41) is 0. The predicted molar refractivity (Wildman–Crippen MR) is 85.2 cm³/mol. The number of hydrogen-bond donors (Lipinski definition) is 0. The first-order chi connectivity index (χ1) is 10.4. The standard InChI is InChI=1S/2C10H9.Zr/c2*1-2-5-9-7-4-8-10(9)6-3-1;/h2*1-2,4-5,8H,3,6H2;. The molecule has 1 heteroatoms. The first-order valence-electron chi connectivity index (χ1n) is 7.76. The Balaban J connectivity index is 1.56. The molecule has 0 saturated carbocycles. The first kappa shape index (κ1) is 13.5. The van der Waals surface area contributed by atoms with Crippen LogP contribution >= 0.6 is 0 Å². The van der Waals surface area contributed by atoms with Crippen LogP contribution in [0.3, 0.4) is 0 Å². The molecular weight excluding hydrogens is 331 g/mol. The predicted octanol–water partition coefficient (Wildman–Crippen LogP) is 5.27. The molecule has 0 aromatic rings. The summed E-state index contributed by atoms with van der Waals surface area (Å²) in [4.78, 5) is 0. The summed E-state index contributed by atoms with van der Waals surface area (Å²) >= 11 is -0.707. The molecule has 4 aliphatic carbocycles. The average Bonchev–Trinajstić information content (AvgIpc) is 2.85. The number of allylic oxidation sites excluding steroid dienone is 16. The SMILES string of the molecule is C1=CCCC2=CC=[C]([Zr][C]3=CC=C4CCC=CC=C43)C2=C1. The molecule has 0 fully saturated rings. The van der Waals surface area contributed by atoms with E-state index in [0.717, 1.165) is 0 Å². The van der Waals surface area contributed by atoms with Gasteiger partial charge >= 0.3 is 139 Å². The minimum atomic E-state index is -0.707. The van der Waals surface area contributed by atoms with Crippen LogP contribution in [0.5, 0.6) is 0 Å². The monoisotopic (exact) mass is 348 g/mol. The summed E-state index contributed by atoms with van der Waals surface area (Å²) in [7, 11) is 0. The van der Waals surface area contributed by atoms with Crippen molar-refractivity contribution in [2.45, 2.75) is 25.7 Å². The fraction of sp³-hybridized carbons (Fsp3) is 0.200. The van der Waals surface area contributed by atoms with Crippen molar-refractivity contribution in [3.63, 3.8) is 0 Å². The summed E-state index contributed by atoms with van der Waals surface area (Å²) in [6.45, 7) is 0. The summed E-state index contributed by atoms with van der Waals surface area (Å²) < 4.78 is 3.30. The molecule has 0 heterocycles. The van der Waals surface area contributed by atoms with Crippen LogP contribution in [0.1, 0.15) is 25.7 Å². The second-order valence-corrected chi connectivity index (χ2v) is 9.03. The van der Waals surface area contributed by atoms with Crippen molar-refractivity contribution in [3.8, 4) is 0 Å². The molecule has 21 heavy (non-hydrogen) atoms. The molecule has 0 atom stereocenters. The van der Waals surface area contributed by atoms with E-state index in [2.05, 4.69) is 60.8 Å². The van der Waals surface area contributed by atoms with Crippen LogP contribution in [0.4, 0.5) is 0 Å². The normalized spacial score (nSPS) is 22.9. The molecule has 0 aromatic carbocycles. The topological polar surface area (TPSA) is 0 Å². The van der Waals surface area contributed by atoms with Crippen LogP contribution in [-0.4, -0.2) is 0 Å². The van der Waals surface area contributed by atoms with Gasteiger partial charge in [-0.2, -0.15) is 0 Å². The maximum atomic E-state index is 2.40. The van der Waals surface area contributed by atoms with Gasteiger partial charge < -0.3 is 0 Å². The molecule has 0 saturated heterocycles. The first-order valence-corrected chi connectivity index (χ1v) is 10.2. The van der Waals surface area contributed by atoms with Gasteiger partial charge in [0.15, 0.2) is 0 Å². The van der Waals surface area contributed by atoms with Gasteiger partial charge in [0.2, 0.25) is 0 Å². The van der Waals surface area contributed by atoms with E-state index in [1.165, 1.54) is 36.8 Å². The molecule has 0 bridgehead atoms. The fourth-order valence-electron chi connectivity index (χ4n) is 3.26. The van der Waals surface area contributed by atoms with E-state index in [4.69, 9.17) is 0 Å². The van der Waals surface area contributed by atoms with Gasteiger partial charge in [-0.05, 0) is 0 Å². The number of rotatable bonds is 2. The zero-order chi connectivity index (χ0) is 14.1. The second-order valence-electron chi connectivity index (χ2n) is 5.76. The Bertz CT molecular complexity index is 653. The van der Waals surface area contributed by atoms with Gasteiger partial charge in [0.25, 0.3) is 0 Å². The molecule has 0 aliphatic heterocycles. The van der Waals surface area contributed by atoms with Crippen molar-refractivity contribution in [2.24, 2.45) is 0 Å². The van der Waals surface area contributed by atoms with Crippen LogP contribution in [0, 0.1) is 0 Å². The van der Waals surface area contributed by atoms with Crippen molar-refractivity contribution in [3.05, 3.63) is 89.6 Å². The Hall–Kier alpha value is -1.20. The van der Waals surface area contributed by atoms with Crippen LogP contribution in [-0.2, 0) is 23.2 Å². The molecule has 0 amide bonds. The summed E-state index contributed by atoms with van der Waals surface area (Å²) in [6, 6.07) is 0. The summed E-state index contributed by atoms with van der Waals surface area (Å²) in [5.41, 5.74) is 6.18. The molecule has 0 unspecified atom stereocenters. The van der Waals surface area contributed by atoms with Crippen molar-refractivity contribution in [1.29, 1.82) is 0 Å². The Morgan fingerprint density at radius 2 is 1.14 bits per heavy atom. The van der Waals surface area contributed by atoms with E-state index in [0.29, 0.717) is 0 Å². The molecule has 0 nitrogen and oxygen atoms in total. The van der Waals surface area contributed by atoms with E-state index in [-0.39, 0.29) is 0 Å². The van der Waals surface area contributed by atoms with E-state index >= 15 is 0 Å². The van der Waals surface area contributed by atoms with E-state index in [9.17, 15) is 0 Å². The minimum absolute atomic E-state index is 0.707. The van der Waals surface area contributed by atoms with Crippen LogP contribution < -0.4 is 0 Å². The fourth-order valence-corrected chi connectivity index (χ4v) is 6.66. The van der Waals surface area contributed by atoms with Crippen molar-refractivity contribution >= 4 is 0 Å². The van der Waals surface area contributed by atoms with E-state index < -0.39 is 23.2 Å². The van der Waals surface area contributed by atoms with Gasteiger partial charge in [-0.25, -0.2) is 0 Å². The van der Waals surface area contributed by atoms with Gasteiger partial charge in [-0.1, -0.05) is 0 Å². The van der Waals surface area contributed by atoms with Gasteiger partial charge in [0.05, 0.1) is 0 Å². The molecular formula is C20H18Zr. The molecule has 4 aliphatic rings. The van der Waals surface area contributed by atoms with Crippen LogP contribution in [0.2, 0.25) is 0 Å². The Kier molecular flexibility index (Phi) is 3.78. The molecule has 0 spiro atoms. The third-order valence-corrected chi connectivity index (χ3v) is 7.87. The zero-order valence-electron chi connectivity index (χ0n) is 12.1. The van der Waals surface area contributed by atoms with E-state index in [1.54, 1.807) is 17.7 Å². The summed E-state index contributed by atoms with van der Waals surface area (Å²) in [5.74, 6) is 0. The van der Waals surface area contributed by atoms with Crippen LogP contribution in [0.25, 0.3) is 0 Å². The van der Waals surface area contributed by atoms with Crippen molar-refractivity contribution in [1.82, 2.24) is 0 Å². The Morgan fingerprint density at radius 3 is 1.67 bits per heavy atom. The van der Waals surface area contributed by atoms with Gasteiger partial charge in [-0.15, -0.1) is 0 Å². The third-order valence-electron chi connectivity index (χ3n) is 4.40. The summed E-state index contributed by atoms with van der Waals surface area (Å²) in [6.07, 6.45) is 28.1. The van der Waals surface area contributed by atoms with E-state index in [1.807, 2.05) is 0 Å². The average molecular weight is 350 g/mol. The molecule has 0 aromatic heterocycles. The number of fused-ring (bicyclic) bond motifs is 2.